The van der Waals surface area contributed by atoms with Gasteiger partial charge >= 0.3 is 0 Å². The number of aliphatic hydroxyl groups excluding tert-OH is 1. The van der Waals surface area contributed by atoms with Crippen LogP contribution in [0.4, 0.5) is 4.39 Å². The van der Waals surface area contributed by atoms with Gasteiger partial charge in [-0.05, 0) is 29.7 Å². The minimum atomic E-state index is -0.344. The van der Waals surface area contributed by atoms with Crippen molar-refractivity contribution in [3.05, 3.63) is 53.6 Å². The molecule has 0 aliphatic carbocycles. The molecular weight excluding hydrogens is 205 g/mol. The number of hydrogen-bond donors (Lipinski definition) is 1. The summed E-state index contributed by atoms with van der Waals surface area (Å²) >= 11 is 0. The third-order valence-corrected chi connectivity index (χ3v) is 2.49. The van der Waals surface area contributed by atoms with E-state index in [1.165, 1.54) is 12.3 Å². The maximum atomic E-state index is 13.0. The van der Waals surface area contributed by atoms with Crippen molar-refractivity contribution in [2.45, 2.75) is 13.5 Å². The normalized spacial score (nSPS) is 10.4. The Morgan fingerprint density at radius 1 is 1.25 bits per heavy atom. The van der Waals surface area contributed by atoms with Crippen LogP contribution in [0.3, 0.4) is 0 Å². The van der Waals surface area contributed by atoms with Crippen LogP contribution in [-0.2, 0) is 6.61 Å². The Morgan fingerprint density at radius 2 is 2.06 bits per heavy atom. The summed E-state index contributed by atoms with van der Waals surface area (Å²) in [4.78, 5) is 3.82. The first-order valence-corrected chi connectivity index (χ1v) is 5.02. The zero-order valence-corrected chi connectivity index (χ0v) is 8.94. The molecule has 0 radical (unpaired) electrons. The van der Waals surface area contributed by atoms with E-state index in [-0.39, 0.29) is 12.4 Å². The number of aromatic nitrogens is 1. The molecule has 0 spiro atoms. The number of aryl methyl sites for hydroxylation is 1. The second kappa shape index (κ2) is 4.41. The Kier molecular flexibility index (Phi) is 2.97. The molecule has 82 valence electrons. The van der Waals surface area contributed by atoms with Crippen molar-refractivity contribution in [3.63, 3.8) is 0 Å². The van der Waals surface area contributed by atoms with E-state index in [1.54, 1.807) is 6.20 Å². The maximum absolute atomic E-state index is 13.0. The lowest BCUT2D eigenvalue weighted by Gasteiger charge is -2.07. The highest BCUT2D eigenvalue weighted by Crippen LogP contribution is 2.24. The molecular formula is C13H12FNO. The lowest BCUT2D eigenvalue weighted by atomic mass is 10.00. The fourth-order valence-electron chi connectivity index (χ4n) is 1.71. The van der Waals surface area contributed by atoms with E-state index >= 15 is 0 Å². The van der Waals surface area contributed by atoms with Gasteiger partial charge in [-0.1, -0.05) is 18.2 Å². The summed E-state index contributed by atoms with van der Waals surface area (Å²) < 4.78 is 13.0. The van der Waals surface area contributed by atoms with Gasteiger partial charge in [0.15, 0.2) is 0 Å². The van der Waals surface area contributed by atoms with Gasteiger partial charge in [-0.3, -0.25) is 4.98 Å². The maximum Gasteiger partial charge on any atom is 0.142 e. The number of halogens is 1. The van der Waals surface area contributed by atoms with Crippen molar-refractivity contribution in [2.24, 2.45) is 0 Å². The topological polar surface area (TPSA) is 33.1 Å². The van der Waals surface area contributed by atoms with Crippen LogP contribution in [0.1, 0.15) is 11.1 Å². The van der Waals surface area contributed by atoms with Gasteiger partial charge in [0.1, 0.15) is 5.82 Å². The van der Waals surface area contributed by atoms with Crippen LogP contribution >= 0.6 is 0 Å². The molecule has 0 saturated heterocycles. The number of rotatable bonds is 2. The molecule has 1 aromatic heterocycles. The van der Waals surface area contributed by atoms with Crippen LogP contribution in [0.15, 0.2) is 36.7 Å². The van der Waals surface area contributed by atoms with Crippen LogP contribution in [-0.4, -0.2) is 10.1 Å². The van der Waals surface area contributed by atoms with Crippen LogP contribution in [0.2, 0.25) is 0 Å². The van der Waals surface area contributed by atoms with Crippen LogP contribution < -0.4 is 0 Å². The highest BCUT2D eigenvalue weighted by Gasteiger charge is 2.04. The summed E-state index contributed by atoms with van der Waals surface area (Å²) in [5, 5.41) is 9.00. The van der Waals surface area contributed by atoms with Gasteiger partial charge in [-0.2, -0.15) is 0 Å². The molecule has 0 aliphatic rings. The van der Waals surface area contributed by atoms with Crippen LogP contribution in [0, 0.1) is 12.7 Å². The number of benzene rings is 1. The highest BCUT2D eigenvalue weighted by atomic mass is 19.1. The summed E-state index contributed by atoms with van der Waals surface area (Å²) in [6.45, 7) is 1.95. The van der Waals surface area contributed by atoms with Crippen molar-refractivity contribution in [1.82, 2.24) is 4.98 Å². The van der Waals surface area contributed by atoms with Gasteiger partial charge < -0.3 is 5.11 Å². The second-order valence-electron chi connectivity index (χ2n) is 3.70. The van der Waals surface area contributed by atoms with Crippen molar-refractivity contribution in [2.75, 3.05) is 0 Å². The second-order valence-corrected chi connectivity index (χ2v) is 3.70. The standard InChI is InChI=1S/C13H12FNO/c1-9-4-10(8-16)2-3-13(9)11-5-12(14)7-15-6-11/h2-7,16H,8H2,1H3. The molecule has 0 unspecified atom stereocenters. The molecule has 3 heteroatoms. The first-order valence-electron chi connectivity index (χ1n) is 5.02. The Morgan fingerprint density at radius 3 is 2.69 bits per heavy atom. The summed E-state index contributed by atoms with van der Waals surface area (Å²) in [5.41, 5.74) is 3.54. The Labute approximate surface area is 93.4 Å². The third-order valence-electron chi connectivity index (χ3n) is 2.49. The predicted octanol–water partition coefficient (Wildman–Crippen LogP) is 2.69. The summed E-state index contributed by atoms with van der Waals surface area (Å²) in [5.74, 6) is -0.344. The summed E-state index contributed by atoms with van der Waals surface area (Å²) in [7, 11) is 0. The van der Waals surface area contributed by atoms with E-state index in [1.807, 2.05) is 25.1 Å². The first kappa shape index (κ1) is 10.8. The highest BCUT2D eigenvalue weighted by molar-refractivity contribution is 5.66. The summed E-state index contributed by atoms with van der Waals surface area (Å²) in [6, 6.07) is 7.04. The smallest absolute Gasteiger partial charge is 0.142 e. The molecule has 0 amide bonds. The molecule has 0 saturated carbocycles. The van der Waals surface area contributed by atoms with Crippen LogP contribution in [0.25, 0.3) is 11.1 Å². The van der Waals surface area contributed by atoms with E-state index in [2.05, 4.69) is 4.98 Å². The molecule has 16 heavy (non-hydrogen) atoms. The zero-order chi connectivity index (χ0) is 11.5. The fraction of sp³-hybridized carbons (Fsp3) is 0.154. The van der Waals surface area contributed by atoms with E-state index in [4.69, 9.17) is 5.11 Å². The average molecular weight is 217 g/mol. The minimum Gasteiger partial charge on any atom is -0.392 e. The minimum absolute atomic E-state index is 0.0164. The Hall–Kier alpha value is -1.74. The predicted molar refractivity (Wildman–Crippen MR) is 60.3 cm³/mol. The largest absolute Gasteiger partial charge is 0.392 e. The number of pyridine rings is 1. The zero-order valence-electron chi connectivity index (χ0n) is 8.94. The summed E-state index contributed by atoms with van der Waals surface area (Å²) in [6.07, 6.45) is 2.81. The van der Waals surface area contributed by atoms with Crippen molar-refractivity contribution >= 4 is 0 Å². The monoisotopic (exact) mass is 217 g/mol. The molecule has 1 aromatic carbocycles. The number of aliphatic hydroxyl groups is 1. The van der Waals surface area contributed by atoms with Crippen molar-refractivity contribution in [3.8, 4) is 11.1 Å². The van der Waals surface area contributed by atoms with Crippen LogP contribution in [0.5, 0.6) is 0 Å². The van der Waals surface area contributed by atoms with E-state index in [0.717, 1.165) is 22.3 Å². The molecule has 2 aromatic rings. The third kappa shape index (κ3) is 2.09. The van der Waals surface area contributed by atoms with Gasteiger partial charge in [0.25, 0.3) is 0 Å². The molecule has 2 rings (SSSR count). The molecule has 0 aliphatic heterocycles. The van der Waals surface area contributed by atoms with Gasteiger partial charge in [0.2, 0.25) is 0 Å². The molecule has 1 N–H and O–H groups in total. The lowest BCUT2D eigenvalue weighted by molar-refractivity contribution is 0.282. The Balaban J connectivity index is 2.48. The molecule has 0 bridgehead atoms. The van der Waals surface area contributed by atoms with Crippen molar-refractivity contribution in [1.29, 1.82) is 0 Å². The number of nitrogens with zero attached hydrogens (tertiary/aromatic N) is 1. The lowest BCUT2D eigenvalue weighted by Crippen LogP contribution is -1.89. The molecule has 0 atom stereocenters. The molecule has 1 heterocycles. The van der Waals surface area contributed by atoms with E-state index < -0.39 is 0 Å². The van der Waals surface area contributed by atoms with Gasteiger partial charge in [-0.15, -0.1) is 0 Å². The van der Waals surface area contributed by atoms with Gasteiger partial charge in [0.05, 0.1) is 12.8 Å². The first-order chi connectivity index (χ1) is 7.70. The molecule has 0 fully saturated rings. The Bertz CT molecular complexity index is 511. The molecule has 2 nitrogen and oxygen atoms in total. The van der Waals surface area contributed by atoms with Crippen molar-refractivity contribution < 1.29 is 9.50 Å². The van der Waals surface area contributed by atoms with E-state index in [9.17, 15) is 4.39 Å². The average Bonchev–Trinajstić information content (AvgIpc) is 2.28. The van der Waals surface area contributed by atoms with Gasteiger partial charge in [0, 0.05) is 11.8 Å². The SMILES string of the molecule is Cc1cc(CO)ccc1-c1cncc(F)c1. The van der Waals surface area contributed by atoms with E-state index in [0.29, 0.717) is 0 Å². The fourth-order valence-corrected chi connectivity index (χ4v) is 1.71. The quantitative estimate of drug-likeness (QED) is 0.839. The van der Waals surface area contributed by atoms with Gasteiger partial charge in [-0.25, -0.2) is 4.39 Å². The number of hydrogen-bond acceptors (Lipinski definition) is 2.